The maximum Gasteiger partial charge on any atom is 0.415 e. The molecule has 2 aromatic rings. The molecule has 0 amide bonds. The second-order valence-electron chi connectivity index (χ2n) is 6.75. The van der Waals surface area contributed by atoms with Crippen molar-refractivity contribution in [2.75, 3.05) is 6.54 Å². The molecule has 0 bridgehead atoms. The smallest absolute Gasteiger partial charge is 0.415 e. The Morgan fingerprint density at radius 2 is 2.00 bits per heavy atom. The number of carbonyl (C=O) groups is 1. The average molecular weight is 312 g/mol. The van der Waals surface area contributed by atoms with Crippen LogP contribution < -0.4 is 5.06 Å². The van der Waals surface area contributed by atoms with Crippen molar-refractivity contribution in [2.45, 2.75) is 37.5 Å². The summed E-state index contributed by atoms with van der Waals surface area (Å²) in [5, 5.41) is 22.0. The number of hydrogen-bond acceptors (Lipinski definition) is 2. The topological polar surface area (TPSA) is 69.7 Å². The van der Waals surface area contributed by atoms with Gasteiger partial charge in [0.25, 0.3) is 0 Å². The zero-order valence-electron chi connectivity index (χ0n) is 12.9. The van der Waals surface area contributed by atoms with Gasteiger partial charge in [-0.1, -0.05) is 19.3 Å². The molecule has 1 unspecified atom stereocenters. The Bertz CT molecular complexity index is 759. The summed E-state index contributed by atoms with van der Waals surface area (Å²) in [6, 6.07) is 9.35. The molecule has 23 heavy (non-hydrogen) atoms. The van der Waals surface area contributed by atoms with Crippen LogP contribution in [0.2, 0.25) is 0 Å². The Labute approximate surface area is 134 Å². The van der Waals surface area contributed by atoms with Crippen molar-refractivity contribution in [3.05, 3.63) is 47.3 Å². The van der Waals surface area contributed by atoms with Crippen LogP contribution in [0.4, 0.5) is 10.5 Å². The van der Waals surface area contributed by atoms with Gasteiger partial charge in [0.1, 0.15) is 5.69 Å². The molecule has 2 aliphatic rings. The quantitative estimate of drug-likeness (QED) is 0.796. The Morgan fingerprint density at radius 3 is 2.74 bits per heavy atom. The minimum Gasteiger partial charge on any atom is -0.629 e. The number of hydroxylamine groups is 1. The van der Waals surface area contributed by atoms with Gasteiger partial charge >= 0.3 is 6.09 Å². The molecule has 1 saturated carbocycles. The monoisotopic (exact) mass is 312 g/mol. The van der Waals surface area contributed by atoms with Crippen molar-refractivity contribution < 1.29 is 15.0 Å². The number of aromatic nitrogens is 1. The van der Waals surface area contributed by atoms with Crippen LogP contribution in [0, 0.1) is 5.21 Å². The highest BCUT2D eigenvalue weighted by molar-refractivity contribution is 5.78. The highest BCUT2D eigenvalue weighted by Gasteiger charge is 2.45. The van der Waals surface area contributed by atoms with Crippen LogP contribution in [0.25, 0.3) is 11.3 Å². The van der Waals surface area contributed by atoms with Gasteiger partial charge in [-0.05, 0) is 42.7 Å². The first-order valence-corrected chi connectivity index (χ1v) is 8.19. The highest BCUT2D eigenvalue weighted by atomic mass is 16.5. The fourth-order valence-corrected chi connectivity index (χ4v) is 4.34. The van der Waals surface area contributed by atoms with E-state index in [4.69, 9.17) is 0 Å². The van der Waals surface area contributed by atoms with E-state index in [2.05, 4.69) is 6.07 Å². The van der Waals surface area contributed by atoms with E-state index in [0.29, 0.717) is 12.2 Å². The lowest BCUT2D eigenvalue weighted by Gasteiger charge is -2.32. The molecule has 2 N–H and O–H groups in total. The molecule has 5 heteroatoms. The number of nitrogens with zero attached hydrogens (tertiary/aromatic N) is 1. The summed E-state index contributed by atoms with van der Waals surface area (Å²) in [7, 11) is 0. The third-order valence-corrected chi connectivity index (χ3v) is 5.45. The van der Waals surface area contributed by atoms with E-state index in [1.54, 1.807) is 18.3 Å². The molecule has 1 aromatic carbocycles. The second-order valence-corrected chi connectivity index (χ2v) is 6.75. The van der Waals surface area contributed by atoms with E-state index >= 15 is 0 Å². The van der Waals surface area contributed by atoms with Crippen LogP contribution in [-0.2, 0) is 5.41 Å². The van der Waals surface area contributed by atoms with Crippen molar-refractivity contribution in [3.63, 3.8) is 0 Å². The van der Waals surface area contributed by atoms with Crippen molar-refractivity contribution >= 4 is 11.8 Å². The molecule has 1 aliphatic carbocycles. The molecular formula is C18H20N2O3. The minimum atomic E-state index is -0.992. The molecule has 1 atom stereocenters. The lowest BCUT2D eigenvalue weighted by Crippen LogP contribution is -3.01. The third-order valence-electron chi connectivity index (χ3n) is 5.45. The number of quaternary nitrogens is 1. The van der Waals surface area contributed by atoms with Crippen LogP contribution >= 0.6 is 0 Å². The Hall–Kier alpha value is -2.11. The Kier molecular flexibility index (Phi) is 3.28. The van der Waals surface area contributed by atoms with Gasteiger partial charge in [-0.25, -0.2) is 4.79 Å². The molecule has 0 saturated heterocycles. The van der Waals surface area contributed by atoms with Crippen molar-refractivity contribution in [2.24, 2.45) is 0 Å². The van der Waals surface area contributed by atoms with Gasteiger partial charge in [0.2, 0.25) is 0 Å². The number of fused-ring (bicyclic) bond motifs is 2. The lowest BCUT2D eigenvalue weighted by molar-refractivity contribution is -0.773. The number of nitrogens with one attached hydrogen (secondary N) is 1. The van der Waals surface area contributed by atoms with Crippen LogP contribution in [0.5, 0.6) is 0 Å². The standard InChI is InChI=1S/C18H20N2O3/c21-17(22)19-10-4-5-15(19)13-6-7-16-14(11-13)18(12-20(16)23)8-2-1-3-9-18/h4-7,10-11,20H,1-3,8-9,12H2,(H,21,22). The zero-order chi connectivity index (χ0) is 16.0. The largest absolute Gasteiger partial charge is 0.629 e. The van der Waals surface area contributed by atoms with Crippen molar-refractivity contribution in [1.29, 1.82) is 0 Å². The Morgan fingerprint density at radius 1 is 1.22 bits per heavy atom. The lowest BCUT2D eigenvalue weighted by atomic mass is 9.70. The van der Waals surface area contributed by atoms with Gasteiger partial charge in [0.05, 0.1) is 17.7 Å². The van der Waals surface area contributed by atoms with E-state index < -0.39 is 6.09 Å². The predicted molar refractivity (Wildman–Crippen MR) is 86.9 cm³/mol. The van der Waals surface area contributed by atoms with Gasteiger partial charge in [-0.2, -0.15) is 0 Å². The second kappa shape index (κ2) is 5.22. The molecule has 1 fully saturated rings. The van der Waals surface area contributed by atoms with Crippen LogP contribution in [0.1, 0.15) is 37.7 Å². The fourth-order valence-electron chi connectivity index (χ4n) is 4.34. The molecule has 0 radical (unpaired) electrons. The van der Waals surface area contributed by atoms with Crippen LogP contribution in [0.15, 0.2) is 36.5 Å². The van der Waals surface area contributed by atoms with Crippen molar-refractivity contribution in [1.82, 2.24) is 4.57 Å². The summed E-state index contributed by atoms with van der Waals surface area (Å²) < 4.78 is 1.23. The maximum absolute atomic E-state index is 12.4. The van der Waals surface area contributed by atoms with E-state index in [1.165, 1.54) is 23.8 Å². The third kappa shape index (κ3) is 2.19. The van der Waals surface area contributed by atoms with Gasteiger partial charge in [0, 0.05) is 17.8 Å². The van der Waals surface area contributed by atoms with Crippen LogP contribution in [-0.4, -0.2) is 22.3 Å². The molecule has 1 spiro atoms. The van der Waals surface area contributed by atoms with Crippen LogP contribution in [0.3, 0.4) is 0 Å². The van der Waals surface area contributed by atoms with Gasteiger partial charge < -0.3 is 15.4 Å². The normalized spacial score (nSPS) is 22.2. The molecule has 120 valence electrons. The summed E-state index contributed by atoms with van der Waals surface area (Å²) in [6.07, 6.45) is 6.27. The molecule has 4 rings (SSSR count). The number of benzene rings is 1. The average Bonchev–Trinajstić information content (AvgIpc) is 3.13. The number of hydrogen-bond donors (Lipinski definition) is 2. The molecule has 1 aliphatic heterocycles. The van der Waals surface area contributed by atoms with E-state index in [1.807, 2.05) is 12.1 Å². The predicted octanol–water partition coefficient (Wildman–Crippen LogP) is 2.91. The molecule has 5 nitrogen and oxygen atoms in total. The first kappa shape index (κ1) is 14.5. The number of carboxylic acid groups (broad SMARTS) is 1. The summed E-state index contributed by atoms with van der Waals surface area (Å²) >= 11 is 0. The van der Waals surface area contributed by atoms with Crippen molar-refractivity contribution in [3.8, 4) is 11.3 Å². The summed E-state index contributed by atoms with van der Waals surface area (Å²) in [5.41, 5.74) is 3.49. The Balaban J connectivity index is 1.82. The number of rotatable bonds is 1. The maximum atomic E-state index is 12.4. The first-order valence-electron chi connectivity index (χ1n) is 8.19. The molecular weight excluding hydrogens is 292 g/mol. The van der Waals surface area contributed by atoms with Gasteiger partial charge in [0.15, 0.2) is 0 Å². The molecule has 1 aromatic heterocycles. The van der Waals surface area contributed by atoms with E-state index in [9.17, 15) is 15.1 Å². The summed E-state index contributed by atoms with van der Waals surface area (Å²) in [4.78, 5) is 11.3. The van der Waals surface area contributed by atoms with Gasteiger partial charge in [-0.15, -0.1) is 0 Å². The van der Waals surface area contributed by atoms with E-state index in [0.717, 1.165) is 29.7 Å². The first-order chi connectivity index (χ1) is 11.1. The summed E-state index contributed by atoms with van der Waals surface area (Å²) in [6.45, 7) is 0.617. The fraction of sp³-hybridized carbons (Fsp3) is 0.389. The van der Waals surface area contributed by atoms with Gasteiger partial charge in [-0.3, -0.25) is 4.57 Å². The summed E-state index contributed by atoms with van der Waals surface area (Å²) in [5.74, 6) is 0. The minimum absolute atomic E-state index is 0.0126. The SMILES string of the molecule is O=C(O)n1cccc1-c1ccc2c(c1)C1(CCCCC1)C[NH+]2[O-]. The molecule has 2 heterocycles. The zero-order valence-corrected chi connectivity index (χ0v) is 12.9. The van der Waals surface area contributed by atoms with E-state index in [-0.39, 0.29) is 10.5 Å². The highest BCUT2D eigenvalue weighted by Crippen LogP contribution is 2.45.